The van der Waals surface area contributed by atoms with Gasteiger partial charge in [0.25, 0.3) is 0 Å². The first-order valence-corrected chi connectivity index (χ1v) is 11.0. The van der Waals surface area contributed by atoms with Crippen LogP contribution in [0.4, 0.5) is 0 Å². The Morgan fingerprint density at radius 2 is 1.88 bits per heavy atom. The van der Waals surface area contributed by atoms with Gasteiger partial charge in [0.1, 0.15) is 0 Å². The molecule has 2 aromatic carbocycles. The molecular formula is C16H13ClN2OS4. The summed E-state index contributed by atoms with van der Waals surface area (Å²) in [5.74, 6) is 1.31. The maximum Gasteiger partial charge on any atom is 0.184 e. The van der Waals surface area contributed by atoms with Gasteiger partial charge in [0, 0.05) is 21.4 Å². The average molecular weight is 413 g/mol. The van der Waals surface area contributed by atoms with Crippen molar-refractivity contribution in [2.75, 3.05) is 11.5 Å². The minimum atomic E-state index is -0.986. The average Bonchev–Trinajstić information content (AvgIpc) is 2.97. The van der Waals surface area contributed by atoms with Crippen LogP contribution in [0.5, 0.6) is 0 Å². The van der Waals surface area contributed by atoms with E-state index in [1.807, 2.05) is 54.6 Å². The van der Waals surface area contributed by atoms with Crippen molar-refractivity contribution in [3.8, 4) is 5.69 Å². The zero-order valence-electron chi connectivity index (χ0n) is 12.4. The van der Waals surface area contributed by atoms with Crippen molar-refractivity contribution in [2.45, 2.75) is 9.24 Å². The fourth-order valence-electron chi connectivity index (χ4n) is 1.96. The Morgan fingerprint density at radius 3 is 2.58 bits per heavy atom. The van der Waals surface area contributed by atoms with Crippen molar-refractivity contribution >= 4 is 57.7 Å². The highest BCUT2D eigenvalue weighted by molar-refractivity contribution is 8.01. The summed E-state index contributed by atoms with van der Waals surface area (Å²) in [7, 11) is -0.986. The van der Waals surface area contributed by atoms with Crippen LogP contribution in [0.15, 0.2) is 63.8 Å². The third-order valence-corrected chi connectivity index (χ3v) is 7.35. The number of hydrogen-bond acceptors (Lipinski definition) is 5. The molecule has 0 N–H and O–H groups in total. The van der Waals surface area contributed by atoms with Crippen LogP contribution in [0.3, 0.4) is 0 Å². The van der Waals surface area contributed by atoms with E-state index in [-0.39, 0.29) is 0 Å². The normalized spacial score (nSPS) is 12.2. The summed E-state index contributed by atoms with van der Waals surface area (Å²) in [6, 6.07) is 16.9. The maximum atomic E-state index is 12.2. The number of rotatable bonds is 6. The molecule has 0 saturated carbocycles. The summed E-state index contributed by atoms with van der Waals surface area (Å²) in [6.45, 7) is 0. The van der Waals surface area contributed by atoms with Gasteiger partial charge in [-0.15, -0.1) is 5.10 Å². The van der Waals surface area contributed by atoms with Crippen molar-refractivity contribution in [3.63, 3.8) is 0 Å². The van der Waals surface area contributed by atoms with E-state index < -0.39 is 10.8 Å². The summed E-state index contributed by atoms with van der Waals surface area (Å²) in [5, 5.41) is 5.21. The van der Waals surface area contributed by atoms with Gasteiger partial charge in [-0.3, -0.25) is 4.21 Å². The molecule has 3 rings (SSSR count). The molecule has 1 atom stereocenters. The Balaban J connectivity index is 1.63. The highest BCUT2D eigenvalue weighted by Crippen LogP contribution is 2.25. The second-order valence-electron chi connectivity index (χ2n) is 4.73. The van der Waals surface area contributed by atoms with Gasteiger partial charge in [0.05, 0.1) is 16.5 Å². The van der Waals surface area contributed by atoms with Crippen molar-refractivity contribution in [3.05, 3.63) is 63.6 Å². The minimum absolute atomic E-state index is 0.585. The highest BCUT2D eigenvalue weighted by Gasteiger charge is 2.08. The van der Waals surface area contributed by atoms with E-state index in [9.17, 15) is 4.21 Å². The van der Waals surface area contributed by atoms with Crippen molar-refractivity contribution in [2.24, 2.45) is 0 Å². The van der Waals surface area contributed by atoms with Gasteiger partial charge in [-0.25, -0.2) is 4.68 Å². The molecule has 1 aromatic heterocycles. The molecule has 1 unspecified atom stereocenters. The Hall–Kier alpha value is -0.990. The Kier molecular flexibility index (Phi) is 6.24. The summed E-state index contributed by atoms with van der Waals surface area (Å²) < 4.78 is 15.5. The summed E-state index contributed by atoms with van der Waals surface area (Å²) in [6.07, 6.45) is 0. The van der Waals surface area contributed by atoms with Crippen LogP contribution < -0.4 is 0 Å². The Morgan fingerprint density at radius 1 is 1.17 bits per heavy atom. The number of thioether (sulfide) groups is 1. The van der Waals surface area contributed by atoms with Gasteiger partial charge in [0.2, 0.25) is 0 Å². The van der Waals surface area contributed by atoms with Crippen LogP contribution in [-0.2, 0) is 10.8 Å². The van der Waals surface area contributed by atoms with Gasteiger partial charge in [-0.1, -0.05) is 52.9 Å². The standard InChI is InChI=1S/C16H13ClN2OS4/c17-12-6-8-13(9-7-12)19-16(21)23-15(18-19)22-10-11-24(20)14-4-2-1-3-5-14/h1-9H,10-11H2. The molecule has 8 heteroatoms. The molecule has 0 saturated heterocycles. The molecule has 1 heterocycles. The lowest BCUT2D eigenvalue weighted by Crippen LogP contribution is -2.00. The maximum absolute atomic E-state index is 12.2. The first kappa shape index (κ1) is 17.8. The SMILES string of the molecule is O=S(CCSc1nn(-c2ccc(Cl)cc2)c(=S)s1)c1ccccc1. The van der Waals surface area contributed by atoms with E-state index in [1.165, 1.54) is 11.3 Å². The smallest absolute Gasteiger partial charge is 0.184 e. The van der Waals surface area contributed by atoms with Crippen molar-refractivity contribution < 1.29 is 4.21 Å². The molecular weight excluding hydrogens is 400 g/mol. The number of hydrogen-bond donors (Lipinski definition) is 0. The van der Waals surface area contributed by atoms with E-state index in [2.05, 4.69) is 5.10 Å². The molecule has 0 aliphatic carbocycles. The van der Waals surface area contributed by atoms with Crippen LogP contribution in [0.2, 0.25) is 5.02 Å². The van der Waals surface area contributed by atoms with Gasteiger partial charge < -0.3 is 0 Å². The van der Waals surface area contributed by atoms with E-state index in [4.69, 9.17) is 23.8 Å². The van der Waals surface area contributed by atoms with Gasteiger partial charge in [-0.05, 0) is 48.6 Å². The van der Waals surface area contributed by atoms with Gasteiger partial charge >= 0.3 is 0 Å². The molecule has 0 spiro atoms. The molecule has 24 heavy (non-hydrogen) atoms. The largest absolute Gasteiger partial charge is 0.254 e. The molecule has 0 aliphatic heterocycles. The predicted molar refractivity (Wildman–Crippen MR) is 106 cm³/mol. The first-order chi connectivity index (χ1) is 11.6. The van der Waals surface area contributed by atoms with Crippen LogP contribution in [0, 0.1) is 3.95 Å². The Bertz CT molecular complexity index is 890. The predicted octanol–water partition coefficient (Wildman–Crippen LogP) is 5.22. The fraction of sp³-hybridized carbons (Fsp3) is 0.125. The topological polar surface area (TPSA) is 34.9 Å². The molecule has 3 aromatic rings. The molecule has 0 bridgehead atoms. The monoisotopic (exact) mass is 412 g/mol. The van der Waals surface area contributed by atoms with E-state index >= 15 is 0 Å². The molecule has 0 radical (unpaired) electrons. The second-order valence-corrected chi connectivity index (χ2v) is 9.71. The number of halogens is 1. The van der Waals surface area contributed by atoms with Crippen molar-refractivity contribution in [1.82, 2.24) is 9.78 Å². The van der Waals surface area contributed by atoms with Gasteiger partial charge in [0.15, 0.2) is 8.29 Å². The molecule has 3 nitrogen and oxygen atoms in total. The summed E-state index contributed by atoms with van der Waals surface area (Å²) in [4.78, 5) is 0.859. The van der Waals surface area contributed by atoms with Crippen molar-refractivity contribution in [1.29, 1.82) is 0 Å². The van der Waals surface area contributed by atoms with Crippen LogP contribution in [0.25, 0.3) is 5.69 Å². The first-order valence-electron chi connectivity index (χ1n) is 7.06. The summed E-state index contributed by atoms with van der Waals surface area (Å²) >= 11 is 14.3. The van der Waals surface area contributed by atoms with Crippen LogP contribution in [-0.4, -0.2) is 25.5 Å². The van der Waals surface area contributed by atoms with Crippen LogP contribution in [0.1, 0.15) is 0 Å². The van der Waals surface area contributed by atoms with E-state index in [0.29, 0.717) is 14.7 Å². The lowest BCUT2D eigenvalue weighted by Gasteiger charge is -2.01. The fourth-order valence-corrected chi connectivity index (χ4v) is 5.80. The minimum Gasteiger partial charge on any atom is -0.254 e. The lowest BCUT2D eigenvalue weighted by molar-refractivity contribution is 0.684. The number of aromatic nitrogens is 2. The lowest BCUT2D eigenvalue weighted by atomic mass is 10.3. The van der Waals surface area contributed by atoms with Gasteiger partial charge in [-0.2, -0.15) is 0 Å². The third kappa shape index (κ3) is 4.55. The zero-order chi connectivity index (χ0) is 16.9. The molecule has 0 fully saturated rings. The Labute approximate surface area is 161 Å². The molecule has 0 aliphatic rings. The van der Waals surface area contributed by atoms with E-state index in [0.717, 1.165) is 20.7 Å². The third-order valence-electron chi connectivity index (χ3n) is 3.10. The number of nitrogens with zero attached hydrogens (tertiary/aromatic N) is 2. The molecule has 0 amide bonds. The number of benzene rings is 2. The highest BCUT2D eigenvalue weighted by atomic mass is 35.5. The zero-order valence-corrected chi connectivity index (χ0v) is 16.4. The van der Waals surface area contributed by atoms with E-state index in [1.54, 1.807) is 16.4 Å². The second kappa shape index (κ2) is 8.40. The van der Waals surface area contributed by atoms with Crippen LogP contribution >= 0.6 is 46.9 Å². The summed E-state index contributed by atoms with van der Waals surface area (Å²) in [5.41, 5.74) is 0.889. The quantitative estimate of drug-likeness (QED) is 0.411. The molecule has 124 valence electrons.